The Bertz CT molecular complexity index is 1560. The van der Waals surface area contributed by atoms with E-state index in [2.05, 4.69) is 15.0 Å². The summed E-state index contributed by atoms with van der Waals surface area (Å²) in [5.74, 6) is -1.78. The molecule has 0 unspecified atom stereocenters. The minimum Gasteiger partial charge on any atom is -0.390 e. The predicted molar refractivity (Wildman–Crippen MR) is 132 cm³/mol. The number of aryl methyl sites for hydroxylation is 1. The van der Waals surface area contributed by atoms with E-state index < -0.39 is 39.8 Å². The van der Waals surface area contributed by atoms with Gasteiger partial charge in [0.05, 0.1) is 35.2 Å². The molecule has 3 atom stereocenters. The van der Waals surface area contributed by atoms with E-state index in [1.54, 1.807) is 12.1 Å². The molecular weight excluding hydrogens is 502 g/mol. The van der Waals surface area contributed by atoms with Gasteiger partial charge in [-0.05, 0) is 50.3 Å². The zero-order valence-electron chi connectivity index (χ0n) is 20.1. The molecule has 11 heteroatoms. The third kappa shape index (κ3) is 4.86. The zero-order valence-corrected chi connectivity index (χ0v) is 20.9. The van der Waals surface area contributed by atoms with Crippen LogP contribution >= 0.6 is 0 Å². The summed E-state index contributed by atoms with van der Waals surface area (Å²) in [7, 11) is -4.10. The number of aliphatic hydroxyl groups is 2. The summed E-state index contributed by atoms with van der Waals surface area (Å²) in [5.41, 5.74) is 1.06. The Morgan fingerprint density at radius 1 is 1.05 bits per heavy atom. The van der Waals surface area contributed by atoms with Crippen molar-refractivity contribution in [3.8, 4) is 11.4 Å². The molecule has 0 bridgehead atoms. The van der Waals surface area contributed by atoms with Crippen LogP contribution < -0.4 is 0 Å². The number of pyridine rings is 1. The highest BCUT2D eigenvalue weighted by Gasteiger charge is 2.30. The first kappa shape index (κ1) is 25.4. The molecule has 1 aliphatic carbocycles. The third-order valence-electron chi connectivity index (χ3n) is 6.87. The zero-order chi connectivity index (χ0) is 26.3. The smallest absolute Gasteiger partial charge is 0.269 e. The molecule has 3 heterocycles. The summed E-state index contributed by atoms with van der Waals surface area (Å²) in [6.07, 6.45) is 3.93. The van der Waals surface area contributed by atoms with Gasteiger partial charge < -0.3 is 10.2 Å². The van der Waals surface area contributed by atoms with E-state index in [9.17, 15) is 27.4 Å². The van der Waals surface area contributed by atoms with Gasteiger partial charge in [0.15, 0.2) is 17.3 Å². The molecule has 5 rings (SSSR count). The SMILES string of the molecule is Cc1ccc(S(=O)(=O)n2cc(-c3ncc(F)c(C[C@H]4CCCC[C@@H](O)[C@@H]4O)n3)c3cc(F)cnc32)cc1. The standard InChI is InChI=1S/C26H26F2N4O4S/c1-15-6-8-18(9-7-15)37(35,36)32-14-20(19-11-17(27)12-30-26(19)32)25-29-13-21(28)22(31-25)10-16-4-2-3-5-23(33)24(16)34/h6-9,11-14,16,23-24,33-34H,2-5,10H2,1H3/t16-,23-,24-/m1/s1. The quantitative estimate of drug-likeness (QED) is 0.379. The lowest BCUT2D eigenvalue weighted by atomic mass is 9.91. The van der Waals surface area contributed by atoms with E-state index in [0.29, 0.717) is 12.8 Å². The van der Waals surface area contributed by atoms with Crippen LogP contribution in [0, 0.1) is 24.5 Å². The normalized spacial score (nSPS) is 20.7. The molecule has 0 spiro atoms. The Labute approximate surface area is 212 Å². The summed E-state index contributed by atoms with van der Waals surface area (Å²) in [6.45, 7) is 1.84. The minimum atomic E-state index is -4.10. The Morgan fingerprint density at radius 3 is 2.54 bits per heavy atom. The van der Waals surface area contributed by atoms with Crippen molar-refractivity contribution in [2.45, 2.75) is 56.1 Å². The van der Waals surface area contributed by atoms with Crippen LogP contribution in [0.15, 0.2) is 53.8 Å². The molecular formula is C26H26F2N4O4S. The largest absolute Gasteiger partial charge is 0.390 e. The third-order valence-corrected chi connectivity index (χ3v) is 8.54. The Kier molecular flexibility index (Phi) is 6.78. The fourth-order valence-electron chi connectivity index (χ4n) is 4.80. The number of aromatic nitrogens is 4. The second-order valence-corrected chi connectivity index (χ2v) is 11.3. The van der Waals surface area contributed by atoms with Crippen molar-refractivity contribution < 1.29 is 27.4 Å². The maximum atomic E-state index is 14.7. The number of benzene rings is 1. The van der Waals surface area contributed by atoms with Crippen LogP contribution in [-0.2, 0) is 16.4 Å². The second kappa shape index (κ2) is 9.88. The van der Waals surface area contributed by atoms with Gasteiger partial charge in [-0.15, -0.1) is 0 Å². The van der Waals surface area contributed by atoms with E-state index >= 15 is 0 Å². The predicted octanol–water partition coefficient (Wildman–Crippen LogP) is 3.77. The highest BCUT2D eigenvalue weighted by molar-refractivity contribution is 7.90. The van der Waals surface area contributed by atoms with Crippen molar-refractivity contribution in [1.29, 1.82) is 0 Å². The number of halogens is 2. The van der Waals surface area contributed by atoms with Crippen LogP contribution in [0.25, 0.3) is 22.4 Å². The van der Waals surface area contributed by atoms with Gasteiger partial charge in [0, 0.05) is 17.1 Å². The van der Waals surface area contributed by atoms with Gasteiger partial charge in [0.2, 0.25) is 0 Å². The molecule has 194 valence electrons. The summed E-state index contributed by atoms with van der Waals surface area (Å²) in [5, 5.41) is 20.8. The molecule has 3 aromatic heterocycles. The first-order valence-corrected chi connectivity index (χ1v) is 13.5. The molecule has 0 aliphatic heterocycles. The average Bonchev–Trinajstić information content (AvgIpc) is 3.18. The van der Waals surface area contributed by atoms with E-state index in [1.807, 2.05) is 6.92 Å². The first-order chi connectivity index (χ1) is 17.6. The number of hydrogen-bond acceptors (Lipinski definition) is 7. The Morgan fingerprint density at radius 2 is 1.78 bits per heavy atom. The van der Waals surface area contributed by atoms with Crippen LogP contribution in [0.5, 0.6) is 0 Å². The fraction of sp³-hybridized carbons (Fsp3) is 0.346. The van der Waals surface area contributed by atoms with Crippen LogP contribution in [0.1, 0.15) is 36.9 Å². The summed E-state index contributed by atoms with van der Waals surface area (Å²) >= 11 is 0. The summed E-state index contributed by atoms with van der Waals surface area (Å²) in [6, 6.07) is 7.41. The van der Waals surface area contributed by atoms with E-state index in [-0.39, 0.29) is 39.4 Å². The van der Waals surface area contributed by atoms with Gasteiger partial charge in [0.25, 0.3) is 10.0 Å². The number of hydrogen-bond donors (Lipinski definition) is 2. The van der Waals surface area contributed by atoms with Crippen molar-refractivity contribution in [3.63, 3.8) is 0 Å². The number of rotatable bonds is 5. The van der Waals surface area contributed by atoms with Gasteiger partial charge in [-0.3, -0.25) is 0 Å². The van der Waals surface area contributed by atoms with Crippen molar-refractivity contribution in [2.24, 2.45) is 5.92 Å². The van der Waals surface area contributed by atoms with Crippen molar-refractivity contribution in [1.82, 2.24) is 18.9 Å². The first-order valence-electron chi connectivity index (χ1n) is 12.0. The molecule has 1 saturated carbocycles. The molecule has 2 N–H and O–H groups in total. The molecule has 1 fully saturated rings. The minimum absolute atomic E-state index is 0.00434. The van der Waals surface area contributed by atoms with Gasteiger partial charge in [-0.2, -0.15) is 0 Å². The molecule has 4 aromatic rings. The maximum Gasteiger partial charge on any atom is 0.269 e. The maximum absolute atomic E-state index is 14.7. The van der Waals surface area contributed by atoms with Crippen molar-refractivity contribution in [2.75, 3.05) is 0 Å². The van der Waals surface area contributed by atoms with E-state index in [1.165, 1.54) is 18.3 Å². The molecule has 1 aromatic carbocycles. The van der Waals surface area contributed by atoms with Gasteiger partial charge in [0.1, 0.15) is 5.82 Å². The number of aliphatic hydroxyl groups excluding tert-OH is 2. The van der Waals surface area contributed by atoms with Gasteiger partial charge >= 0.3 is 0 Å². The van der Waals surface area contributed by atoms with Crippen LogP contribution in [0.3, 0.4) is 0 Å². The number of nitrogens with zero attached hydrogens (tertiary/aromatic N) is 4. The van der Waals surface area contributed by atoms with Gasteiger partial charge in [-0.25, -0.2) is 36.1 Å². The van der Waals surface area contributed by atoms with Crippen LogP contribution in [0.4, 0.5) is 8.78 Å². The summed E-state index contributed by atoms with van der Waals surface area (Å²) < 4.78 is 56.8. The molecule has 0 amide bonds. The highest BCUT2D eigenvalue weighted by atomic mass is 32.2. The van der Waals surface area contributed by atoms with E-state index in [4.69, 9.17) is 0 Å². The lowest BCUT2D eigenvalue weighted by Crippen LogP contribution is -2.33. The second-order valence-electron chi connectivity index (χ2n) is 9.48. The van der Waals surface area contributed by atoms with Crippen LogP contribution in [-0.4, -0.2) is 49.8 Å². The molecule has 1 aliphatic rings. The molecule has 0 radical (unpaired) electrons. The average molecular weight is 529 g/mol. The highest BCUT2D eigenvalue weighted by Crippen LogP contribution is 2.32. The van der Waals surface area contributed by atoms with Crippen molar-refractivity contribution in [3.05, 3.63) is 71.8 Å². The lowest BCUT2D eigenvalue weighted by Gasteiger charge is -2.23. The Balaban J connectivity index is 1.60. The molecule has 8 nitrogen and oxygen atoms in total. The molecule has 0 saturated heterocycles. The Hall–Kier alpha value is -3.28. The topological polar surface area (TPSA) is 118 Å². The number of fused-ring (bicyclic) bond motifs is 1. The monoisotopic (exact) mass is 528 g/mol. The van der Waals surface area contributed by atoms with Crippen molar-refractivity contribution >= 4 is 21.1 Å². The van der Waals surface area contributed by atoms with Gasteiger partial charge in [-0.1, -0.05) is 30.5 Å². The summed E-state index contributed by atoms with van der Waals surface area (Å²) in [4.78, 5) is 12.4. The van der Waals surface area contributed by atoms with Crippen LogP contribution in [0.2, 0.25) is 0 Å². The lowest BCUT2D eigenvalue weighted by molar-refractivity contribution is -0.0150. The fourth-order valence-corrected chi connectivity index (χ4v) is 6.13. The molecule has 37 heavy (non-hydrogen) atoms. The van der Waals surface area contributed by atoms with E-state index in [0.717, 1.165) is 40.8 Å².